The third-order valence-electron chi connectivity index (χ3n) is 5.88. The zero-order chi connectivity index (χ0) is 19.9. The molecule has 2 aliphatic rings. The standard InChI is InChI=1S/C20H23Cl2N3O3/c1-13-23-18(24-9-6-20(7-10-24)8-11-28-12-20)17(27-2)19(26)25(13)15-5-3-4-14(21)16(15)22/h3-5H,6-12H2,1-2H3. The minimum atomic E-state index is -0.293. The Kier molecular flexibility index (Phi) is 5.29. The van der Waals surface area contributed by atoms with Gasteiger partial charge in [0.1, 0.15) is 5.82 Å². The van der Waals surface area contributed by atoms with Crippen molar-refractivity contribution in [3.63, 3.8) is 0 Å². The second-order valence-electron chi connectivity index (χ2n) is 7.52. The number of aryl methyl sites for hydroxylation is 1. The molecule has 2 saturated heterocycles. The van der Waals surface area contributed by atoms with Crippen LogP contribution in [0.3, 0.4) is 0 Å². The third kappa shape index (κ3) is 3.27. The normalized spacial score (nSPS) is 18.6. The van der Waals surface area contributed by atoms with Crippen molar-refractivity contribution in [2.24, 2.45) is 5.41 Å². The molecule has 28 heavy (non-hydrogen) atoms. The average Bonchev–Trinajstić information content (AvgIpc) is 3.13. The number of aromatic nitrogens is 2. The first-order chi connectivity index (χ1) is 13.5. The molecule has 6 nitrogen and oxygen atoms in total. The Morgan fingerprint density at radius 2 is 1.96 bits per heavy atom. The van der Waals surface area contributed by atoms with Crippen LogP contribution in [-0.4, -0.2) is 43.0 Å². The molecule has 1 aromatic carbocycles. The average molecular weight is 424 g/mol. The summed E-state index contributed by atoms with van der Waals surface area (Å²) in [4.78, 5) is 20.1. The second-order valence-corrected chi connectivity index (χ2v) is 8.30. The predicted octanol–water partition coefficient (Wildman–Crippen LogP) is 3.86. The van der Waals surface area contributed by atoms with E-state index < -0.39 is 0 Å². The number of nitrogens with zero attached hydrogens (tertiary/aromatic N) is 3. The summed E-state index contributed by atoms with van der Waals surface area (Å²) in [5.74, 6) is 1.35. The van der Waals surface area contributed by atoms with Gasteiger partial charge in [0.25, 0.3) is 0 Å². The minimum absolute atomic E-state index is 0.222. The summed E-state index contributed by atoms with van der Waals surface area (Å²) in [6.45, 7) is 5.12. The molecule has 0 radical (unpaired) electrons. The molecule has 0 unspecified atom stereocenters. The van der Waals surface area contributed by atoms with Gasteiger partial charge in [-0.15, -0.1) is 0 Å². The van der Waals surface area contributed by atoms with E-state index in [0.717, 1.165) is 45.6 Å². The topological polar surface area (TPSA) is 56.6 Å². The van der Waals surface area contributed by atoms with Gasteiger partial charge in [0.05, 0.1) is 29.4 Å². The molecular weight excluding hydrogens is 401 g/mol. The van der Waals surface area contributed by atoms with Crippen molar-refractivity contribution in [1.82, 2.24) is 9.55 Å². The lowest BCUT2D eigenvalue weighted by Crippen LogP contribution is -2.42. The van der Waals surface area contributed by atoms with Crippen molar-refractivity contribution in [2.75, 3.05) is 38.3 Å². The molecule has 3 heterocycles. The van der Waals surface area contributed by atoms with E-state index >= 15 is 0 Å². The molecule has 4 rings (SSSR count). The Bertz CT molecular complexity index is 944. The first kappa shape index (κ1) is 19.6. The third-order valence-corrected chi connectivity index (χ3v) is 6.69. The number of halogens is 2. The number of methoxy groups -OCH3 is 1. The Morgan fingerprint density at radius 1 is 1.21 bits per heavy atom. The Morgan fingerprint density at radius 3 is 2.61 bits per heavy atom. The maximum atomic E-state index is 13.2. The lowest BCUT2D eigenvalue weighted by atomic mass is 9.78. The van der Waals surface area contributed by atoms with E-state index in [1.807, 2.05) is 0 Å². The molecule has 1 spiro atoms. The van der Waals surface area contributed by atoms with Crippen LogP contribution >= 0.6 is 23.2 Å². The zero-order valence-electron chi connectivity index (χ0n) is 16.0. The smallest absolute Gasteiger partial charge is 0.302 e. The maximum Gasteiger partial charge on any atom is 0.302 e. The summed E-state index contributed by atoms with van der Waals surface area (Å²) in [6, 6.07) is 5.18. The molecule has 2 aromatic rings. The lowest BCUT2D eigenvalue weighted by Gasteiger charge is -2.39. The molecule has 0 aliphatic carbocycles. The van der Waals surface area contributed by atoms with E-state index in [2.05, 4.69) is 4.90 Å². The fourth-order valence-corrected chi connectivity index (χ4v) is 4.56. The highest BCUT2D eigenvalue weighted by Crippen LogP contribution is 2.41. The van der Waals surface area contributed by atoms with Crippen molar-refractivity contribution in [3.8, 4) is 11.4 Å². The predicted molar refractivity (Wildman–Crippen MR) is 110 cm³/mol. The van der Waals surface area contributed by atoms with Gasteiger partial charge in [-0.2, -0.15) is 0 Å². The molecule has 150 valence electrons. The minimum Gasteiger partial charge on any atom is -0.488 e. The van der Waals surface area contributed by atoms with Gasteiger partial charge >= 0.3 is 5.56 Å². The fraction of sp³-hybridized carbons (Fsp3) is 0.500. The van der Waals surface area contributed by atoms with Crippen molar-refractivity contribution in [3.05, 3.63) is 44.4 Å². The summed E-state index contributed by atoms with van der Waals surface area (Å²) in [6.07, 6.45) is 3.17. The van der Waals surface area contributed by atoms with Gasteiger partial charge in [-0.3, -0.25) is 9.36 Å². The van der Waals surface area contributed by atoms with Gasteiger partial charge in [-0.1, -0.05) is 29.3 Å². The van der Waals surface area contributed by atoms with Crippen molar-refractivity contribution in [1.29, 1.82) is 0 Å². The van der Waals surface area contributed by atoms with Crippen LogP contribution in [0.1, 0.15) is 25.1 Å². The van der Waals surface area contributed by atoms with Crippen LogP contribution in [0.15, 0.2) is 23.0 Å². The molecular formula is C20H23Cl2N3O3. The molecule has 0 amide bonds. The van der Waals surface area contributed by atoms with Gasteiger partial charge < -0.3 is 14.4 Å². The fourth-order valence-electron chi connectivity index (χ4n) is 4.18. The Balaban J connectivity index is 1.73. The maximum absolute atomic E-state index is 13.2. The highest BCUT2D eigenvalue weighted by atomic mass is 35.5. The SMILES string of the molecule is COc1c(N2CCC3(CCOC3)CC2)nc(C)n(-c2cccc(Cl)c2Cl)c1=O. The summed E-state index contributed by atoms with van der Waals surface area (Å²) >= 11 is 12.5. The number of piperidine rings is 1. The Labute approximate surface area is 174 Å². The summed E-state index contributed by atoms with van der Waals surface area (Å²) in [5, 5.41) is 0.695. The number of hydrogen-bond acceptors (Lipinski definition) is 5. The van der Waals surface area contributed by atoms with E-state index in [1.165, 1.54) is 11.7 Å². The lowest BCUT2D eigenvalue weighted by molar-refractivity contribution is 0.133. The summed E-state index contributed by atoms with van der Waals surface area (Å²) in [7, 11) is 1.50. The number of rotatable bonds is 3. The molecule has 0 N–H and O–H groups in total. The number of anilines is 1. The van der Waals surface area contributed by atoms with E-state index in [1.54, 1.807) is 25.1 Å². The largest absolute Gasteiger partial charge is 0.488 e. The second kappa shape index (κ2) is 7.58. The number of hydrogen-bond donors (Lipinski definition) is 0. The van der Waals surface area contributed by atoms with E-state index in [4.69, 9.17) is 37.7 Å². The van der Waals surface area contributed by atoms with Gasteiger partial charge in [-0.25, -0.2) is 4.98 Å². The first-order valence-corrected chi connectivity index (χ1v) is 10.2. The molecule has 2 aliphatic heterocycles. The van der Waals surface area contributed by atoms with Gasteiger partial charge in [0.15, 0.2) is 5.82 Å². The van der Waals surface area contributed by atoms with Crippen LogP contribution < -0.4 is 15.2 Å². The highest BCUT2D eigenvalue weighted by molar-refractivity contribution is 6.43. The molecule has 8 heteroatoms. The quantitative estimate of drug-likeness (QED) is 0.749. The van der Waals surface area contributed by atoms with E-state index in [0.29, 0.717) is 27.4 Å². The van der Waals surface area contributed by atoms with Gasteiger partial charge in [0, 0.05) is 19.7 Å². The van der Waals surface area contributed by atoms with Crippen LogP contribution in [0, 0.1) is 12.3 Å². The molecule has 2 fully saturated rings. The van der Waals surface area contributed by atoms with Crippen LogP contribution in [0.25, 0.3) is 5.69 Å². The van der Waals surface area contributed by atoms with Gasteiger partial charge in [-0.05, 0) is 43.7 Å². The van der Waals surface area contributed by atoms with Crippen molar-refractivity contribution in [2.45, 2.75) is 26.2 Å². The van der Waals surface area contributed by atoms with Gasteiger partial charge in [0.2, 0.25) is 5.75 Å². The van der Waals surface area contributed by atoms with Crippen LogP contribution in [-0.2, 0) is 4.74 Å². The van der Waals surface area contributed by atoms with Crippen LogP contribution in [0.2, 0.25) is 10.0 Å². The van der Waals surface area contributed by atoms with Crippen molar-refractivity contribution >= 4 is 29.0 Å². The van der Waals surface area contributed by atoms with E-state index in [9.17, 15) is 4.79 Å². The number of benzene rings is 1. The van der Waals surface area contributed by atoms with Crippen LogP contribution in [0.4, 0.5) is 5.82 Å². The number of ether oxygens (including phenoxy) is 2. The zero-order valence-corrected chi connectivity index (χ0v) is 17.5. The molecule has 0 atom stereocenters. The molecule has 0 bridgehead atoms. The molecule has 1 aromatic heterocycles. The first-order valence-electron chi connectivity index (χ1n) is 9.40. The van der Waals surface area contributed by atoms with E-state index in [-0.39, 0.29) is 16.7 Å². The Hall–Kier alpha value is -1.76. The van der Waals surface area contributed by atoms with Crippen LogP contribution in [0.5, 0.6) is 5.75 Å². The van der Waals surface area contributed by atoms with Crippen molar-refractivity contribution < 1.29 is 9.47 Å². The monoisotopic (exact) mass is 423 g/mol. The summed E-state index contributed by atoms with van der Waals surface area (Å²) in [5.41, 5.74) is 0.482. The molecule has 0 saturated carbocycles. The summed E-state index contributed by atoms with van der Waals surface area (Å²) < 4.78 is 12.6. The highest BCUT2D eigenvalue weighted by Gasteiger charge is 2.39.